The van der Waals surface area contributed by atoms with Gasteiger partial charge in [0.25, 0.3) is 0 Å². The predicted octanol–water partition coefficient (Wildman–Crippen LogP) is 4.42. The monoisotopic (exact) mass is 380 g/mol. The van der Waals surface area contributed by atoms with Crippen LogP contribution in [0.4, 0.5) is 0 Å². The van der Waals surface area contributed by atoms with Crippen LogP contribution in [0.15, 0.2) is 30.3 Å². The van der Waals surface area contributed by atoms with E-state index in [1.54, 1.807) is 0 Å². The summed E-state index contributed by atoms with van der Waals surface area (Å²) in [7, 11) is 0. The highest BCUT2D eigenvalue weighted by Gasteiger charge is 2.64. The van der Waals surface area contributed by atoms with Gasteiger partial charge in [0.1, 0.15) is 0 Å². The zero-order valence-corrected chi connectivity index (χ0v) is 17.8. The fourth-order valence-corrected chi connectivity index (χ4v) is 8.04. The summed E-state index contributed by atoms with van der Waals surface area (Å²) in [5.41, 5.74) is 1.96. The molecule has 2 N–H and O–H groups in total. The van der Waals surface area contributed by atoms with Crippen molar-refractivity contribution in [1.82, 2.24) is 10.6 Å². The molecule has 152 valence electrons. The van der Waals surface area contributed by atoms with E-state index in [2.05, 4.69) is 61.7 Å². The first-order valence-electron chi connectivity index (χ1n) is 11.3. The van der Waals surface area contributed by atoms with E-state index < -0.39 is 0 Å². The largest absolute Gasteiger partial charge is 0.352 e. The van der Waals surface area contributed by atoms with E-state index in [4.69, 9.17) is 0 Å². The number of hydrogen-bond donors (Lipinski definition) is 2. The van der Waals surface area contributed by atoms with Crippen LogP contribution in [0.3, 0.4) is 0 Å². The topological polar surface area (TPSA) is 41.1 Å². The summed E-state index contributed by atoms with van der Waals surface area (Å²) in [6, 6.07) is 11.4. The normalized spacial score (nSPS) is 43.7. The molecule has 28 heavy (non-hydrogen) atoms. The van der Waals surface area contributed by atoms with E-state index in [0.29, 0.717) is 17.2 Å². The number of rotatable bonds is 3. The van der Waals surface area contributed by atoms with Gasteiger partial charge in [-0.2, -0.15) is 0 Å². The molecular weight excluding hydrogens is 344 g/mol. The molecule has 0 spiro atoms. The predicted molar refractivity (Wildman–Crippen MR) is 113 cm³/mol. The standard InChI is InChI=1S/C25H36N2O/c1-22(2)17-26-10-9-20(22)27-21(28)25-13-18-11-23(3,15-25)14-24(12-18,16-25)19-7-5-4-6-8-19/h4-8,18,20,26H,9-17H2,1-3H3,(H,27,28). The van der Waals surface area contributed by atoms with Crippen LogP contribution >= 0.6 is 0 Å². The second kappa shape index (κ2) is 6.08. The van der Waals surface area contributed by atoms with Gasteiger partial charge in [0.15, 0.2) is 0 Å². The molecule has 5 atom stereocenters. The van der Waals surface area contributed by atoms with Gasteiger partial charge in [-0.3, -0.25) is 4.79 Å². The second-order valence-electron chi connectivity index (χ2n) is 11.7. The molecule has 0 aromatic heterocycles. The van der Waals surface area contributed by atoms with Crippen molar-refractivity contribution in [1.29, 1.82) is 0 Å². The van der Waals surface area contributed by atoms with Crippen LogP contribution in [0.25, 0.3) is 0 Å². The number of nitrogens with one attached hydrogen (secondary N) is 2. The van der Waals surface area contributed by atoms with Crippen molar-refractivity contribution in [2.75, 3.05) is 13.1 Å². The summed E-state index contributed by atoms with van der Waals surface area (Å²) in [6.45, 7) is 9.04. The highest BCUT2D eigenvalue weighted by molar-refractivity contribution is 5.84. The molecule has 1 aromatic carbocycles. The van der Waals surface area contributed by atoms with Crippen molar-refractivity contribution in [3.63, 3.8) is 0 Å². The molecule has 3 nitrogen and oxygen atoms in total. The van der Waals surface area contributed by atoms with Crippen LogP contribution < -0.4 is 10.6 Å². The number of hydrogen-bond acceptors (Lipinski definition) is 2. The van der Waals surface area contributed by atoms with Crippen LogP contribution in [-0.4, -0.2) is 25.0 Å². The Kier molecular flexibility index (Phi) is 4.05. The van der Waals surface area contributed by atoms with Gasteiger partial charge in [-0.15, -0.1) is 0 Å². The Bertz CT molecular complexity index is 774. The first-order chi connectivity index (χ1) is 13.2. The van der Waals surface area contributed by atoms with Crippen LogP contribution in [-0.2, 0) is 10.2 Å². The highest BCUT2D eigenvalue weighted by atomic mass is 16.2. The lowest BCUT2D eigenvalue weighted by atomic mass is 9.38. The first kappa shape index (κ1) is 18.7. The van der Waals surface area contributed by atoms with Crippen molar-refractivity contribution in [3.8, 4) is 0 Å². The van der Waals surface area contributed by atoms with Crippen LogP contribution in [0.2, 0.25) is 0 Å². The van der Waals surface area contributed by atoms with Crippen molar-refractivity contribution < 1.29 is 4.79 Å². The Morgan fingerprint density at radius 1 is 1.04 bits per heavy atom. The van der Waals surface area contributed by atoms with Gasteiger partial charge < -0.3 is 10.6 Å². The van der Waals surface area contributed by atoms with Crippen molar-refractivity contribution in [3.05, 3.63) is 35.9 Å². The minimum Gasteiger partial charge on any atom is -0.352 e. The van der Waals surface area contributed by atoms with E-state index in [9.17, 15) is 4.79 Å². The number of piperidine rings is 1. The zero-order valence-electron chi connectivity index (χ0n) is 17.8. The molecule has 1 aromatic rings. The van der Waals surface area contributed by atoms with Gasteiger partial charge >= 0.3 is 0 Å². The van der Waals surface area contributed by atoms with Gasteiger partial charge in [-0.25, -0.2) is 0 Å². The fourth-order valence-electron chi connectivity index (χ4n) is 8.04. The third kappa shape index (κ3) is 2.84. The molecule has 5 unspecified atom stereocenters. The summed E-state index contributed by atoms with van der Waals surface area (Å²) >= 11 is 0. The lowest BCUT2D eigenvalue weighted by Gasteiger charge is -2.65. The Morgan fingerprint density at radius 3 is 2.54 bits per heavy atom. The molecule has 1 aliphatic heterocycles. The van der Waals surface area contributed by atoms with Gasteiger partial charge in [0, 0.05) is 12.6 Å². The van der Waals surface area contributed by atoms with Gasteiger partial charge in [-0.1, -0.05) is 51.1 Å². The molecule has 1 saturated heterocycles. The smallest absolute Gasteiger partial charge is 0.226 e. The minimum atomic E-state index is -0.162. The maximum absolute atomic E-state index is 13.8. The van der Waals surface area contributed by atoms with Gasteiger partial charge in [0.2, 0.25) is 5.91 Å². The molecule has 5 aliphatic rings. The van der Waals surface area contributed by atoms with Crippen molar-refractivity contribution >= 4 is 5.91 Å². The summed E-state index contributed by atoms with van der Waals surface area (Å²) in [4.78, 5) is 13.8. The average Bonchev–Trinajstić information content (AvgIpc) is 2.62. The Hall–Kier alpha value is -1.35. The van der Waals surface area contributed by atoms with Crippen molar-refractivity contribution in [2.24, 2.45) is 22.2 Å². The molecule has 1 amide bonds. The first-order valence-corrected chi connectivity index (χ1v) is 11.3. The van der Waals surface area contributed by atoms with Gasteiger partial charge in [0.05, 0.1) is 5.41 Å². The van der Waals surface area contributed by atoms with Crippen LogP contribution in [0.5, 0.6) is 0 Å². The molecular formula is C25H36N2O. The highest BCUT2D eigenvalue weighted by Crippen LogP contribution is 2.70. The zero-order chi connectivity index (χ0) is 19.6. The average molecular weight is 381 g/mol. The van der Waals surface area contributed by atoms with E-state index >= 15 is 0 Å². The third-order valence-corrected chi connectivity index (χ3v) is 8.65. The number of amides is 1. The molecule has 5 fully saturated rings. The molecule has 6 rings (SSSR count). The molecule has 1 heterocycles. The van der Waals surface area contributed by atoms with E-state index in [1.165, 1.54) is 24.8 Å². The third-order valence-electron chi connectivity index (χ3n) is 8.65. The number of benzene rings is 1. The Balaban J connectivity index is 1.47. The summed E-state index contributed by atoms with van der Waals surface area (Å²) in [6.07, 6.45) is 8.13. The van der Waals surface area contributed by atoms with Gasteiger partial charge in [-0.05, 0) is 79.2 Å². The quantitative estimate of drug-likeness (QED) is 0.815. The maximum Gasteiger partial charge on any atom is 0.226 e. The minimum absolute atomic E-state index is 0.122. The molecule has 4 saturated carbocycles. The Morgan fingerprint density at radius 2 is 1.82 bits per heavy atom. The SMILES string of the molecule is CC12CC3CC(C(=O)NC4CCNCC4(C)C)(C1)CC(c1ccccc1)(C3)C2. The fraction of sp³-hybridized carbons (Fsp3) is 0.720. The number of carbonyl (C=O) groups excluding carboxylic acids is 1. The Labute approximate surface area is 170 Å². The van der Waals surface area contributed by atoms with Crippen molar-refractivity contribution in [2.45, 2.75) is 77.2 Å². The number of carbonyl (C=O) groups is 1. The molecule has 0 radical (unpaired) electrons. The summed E-state index contributed by atoms with van der Waals surface area (Å²) in [5.74, 6) is 1.07. The lowest BCUT2D eigenvalue weighted by Crippen LogP contribution is -2.64. The van der Waals surface area contributed by atoms with E-state index in [0.717, 1.165) is 38.8 Å². The van der Waals surface area contributed by atoms with E-state index in [-0.39, 0.29) is 22.3 Å². The summed E-state index contributed by atoms with van der Waals surface area (Å²) in [5, 5.41) is 7.07. The summed E-state index contributed by atoms with van der Waals surface area (Å²) < 4.78 is 0. The molecule has 4 aliphatic carbocycles. The lowest BCUT2D eigenvalue weighted by molar-refractivity contribution is -0.161. The van der Waals surface area contributed by atoms with Crippen LogP contribution in [0, 0.1) is 22.2 Å². The molecule has 4 bridgehead atoms. The second-order valence-corrected chi connectivity index (χ2v) is 11.7. The maximum atomic E-state index is 13.8. The van der Waals surface area contributed by atoms with Crippen LogP contribution in [0.1, 0.15) is 71.3 Å². The van der Waals surface area contributed by atoms with E-state index in [1.807, 2.05) is 0 Å². The molecule has 3 heteroatoms.